The molecule has 0 saturated carbocycles. The maximum atomic E-state index is 12.3. The molecule has 1 saturated heterocycles. The molecule has 1 aromatic rings. The Morgan fingerprint density at radius 1 is 1.24 bits per heavy atom. The van der Waals surface area contributed by atoms with E-state index in [0.29, 0.717) is 5.69 Å². The number of nitrogens with one attached hydrogen (secondary N) is 1. The largest absolute Gasteiger partial charge is 0.399 e. The van der Waals surface area contributed by atoms with Crippen molar-refractivity contribution in [2.24, 2.45) is 0 Å². The molecule has 5 heteroatoms. The minimum Gasteiger partial charge on any atom is -0.399 e. The number of nitrogen functional groups attached to an aromatic ring is 1. The number of amides is 2. The molecule has 2 atom stereocenters. The summed E-state index contributed by atoms with van der Waals surface area (Å²) in [7, 11) is 0. The van der Waals surface area contributed by atoms with Gasteiger partial charge in [0.05, 0.1) is 5.92 Å². The van der Waals surface area contributed by atoms with E-state index < -0.39 is 6.04 Å². The number of likely N-dealkylation sites (tertiary alicyclic amines) is 1. The van der Waals surface area contributed by atoms with Gasteiger partial charge in [-0.3, -0.25) is 9.59 Å². The van der Waals surface area contributed by atoms with E-state index in [1.807, 2.05) is 24.0 Å². The van der Waals surface area contributed by atoms with E-state index in [4.69, 9.17) is 5.73 Å². The van der Waals surface area contributed by atoms with Crippen molar-refractivity contribution in [1.29, 1.82) is 0 Å². The molecule has 1 heterocycles. The lowest BCUT2D eigenvalue weighted by molar-refractivity contribution is -0.135. The summed E-state index contributed by atoms with van der Waals surface area (Å²) in [6, 6.07) is 6.78. The summed E-state index contributed by atoms with van der Waals surface area (Å²) in [6.45, 7) is 5.15. The van der Waals surface area contributed by atoms with Gasteiger partial charge in [0.15, 0.2) is 0 Å². The van der Waals surface area contributed by atoms with E-state index in [2.05, 4.69) is 5.32 Å². The second-order valence-electron chi connectivity index (χ2n) is 5.65. The zero-order chi connectivity index (χ0) is 15.4. The third-order valence-corrected chi connectivity index (χ3v) is 3.95. The number of nitrogens with zero attached hydrogens (tertiary/aromatic N) is 1. The number of hydrogen-bond acceptors (Lipinski definition) is 3. The predicted molar refractivity (Wildman–Crippen MR) is 82.7 cm³/mol. The molecule has 2 rings (SSSR count). The first kappa shape index (κ1) is 15.4. The molecule has 21 heavy (non-hydrogen) atoms. The van der Waals surface area contributed by atoms with Gasteiger partial charge in [0.2, 0.25) is 11.8 Å². The molecular formula is C16H23N3O2. The van der Waals surface area contributed by atoms with Gasteiger partial charge in [-0.15, -0.1) is 0 Å². The van der Waals surface area contributed by atoms with Crippen LogP contribution in [0, 0.1) is 0 Å². The maximum Gasteiger partial charge on any atom is 0.244 e. The Labute approximate surface area is 125 Å². The highest BCUT2D eigenvalue weighted by Crippen LogP contribution is 2.18. The molecule has 114 valence electrons. The monoisotopic (exact) mass is 289 g/mol. The van der Waals surface area contributed by atoms with Crippen molar-refractivity contribution in [1.82, 2.24) is 10.2 Å². The Morgan fingerprint density at radius 3 is 2.52 bits per heavy atom. The number of anilines is 1. The van der Waals surface area contributed by atoms with Crippen LogP contribution in [0.25, 0.3) is 0 Å². The Morgan fingerprint density at radius 2 is 1.90 bits per heavy atom. The summed E-state index contributed by atoms with van der Waals surface area (Å²) in [6.07, 6.45) is 2.10. The normalized spacial score (nSPS) is 17.3. The van der Waals surface area contributed by atoms with Crippen LogP contribution >= 0.6 is 0 Å². The summed E-state index contributed by atoms with van der Waals surface area (Å²) in [5.41, 5.74) is 7.22. The van der Waals surface area contributed by atoms with Crippen LogP contribution < -0.4 is 11.1 Å². The first-order chi connectivity index (χ1) is 9.99. The molecule has 0 aliphatic carbocycles. The van der Waals surface area contributed by atoms with Crippen molar-refractivity contribution in [3.63, 3.8) is 0 Å². The summed E-state index contributed by atoms with van der Waals surface area (Å²) in [4.78, 5) is 26.3. The smallest absolute Gasteiger partial charge is 0.244 e. The average molecular weight is 289 g/mol. The lowest BCUT2D eigenvalue weighted by atomic mass is 9.99. The average Bonchev–Trinajstić information content (AvgIpc) is 2.99. The zero-order valence-corrected chi connectivity index (χ0v) is 12.6. The molecule has 0 radical (unpaired) electrons. The fraction of sp³-hybridized carbons (Fsp3) is 0.500. The van der Waals surface area contributed by atoms with Crippen molar-refractivity contribution in [3.8, 4) is 0 Å². The molecule has 0 bridgehead atoms. The molecular weight excluding hydrogens is 266 g/mol. The van der Waals surface area contributed by atoms with Gasteiger partial charge < -0.3 is 16.0 Å². The Kier molecular flexibility index (Phi) is 4.83. The molecule has 2 amide bonds. The van der Waals surface area contributed by atoms with Crippen LogP contribution in [0.3, 0.4) is 0 Å². The molecule has 3 N–H and O–H groups in total. The lowest BCUT2D eigenvalue weighted by Gasteiger charge is -2.22. The predicted octanol–water partition coefficient (Wildman–Crippen LogP) is 1.50. The Hall–Kier alpha value is -2.04. The third-order valence-electron chi connectivity index (χ3n) is 3.95. The van der Waals surface area contributed by atoms with Crippen LogP contribution in [0.2, 0.25) is 0 Å². The summed E-state index contributed by atoms with van der Waals surface area (Å²) >= 11 is 0. The summed E-state index contributed by atoms with van der Waals surface area (Å²) in [5.74, 6) is -0.483. The van der Waals surface area contributed by atoms with E-state index in [1.165, 1.54) is 0 Å². The quantitative estimate of drug-likeness (QED) is 0.825. The van der Waals surface area contributed by atoms with Gasteiger partial charge >= 0.3 is 0 Å². The van der Waals surface area contributed by atoms with Crippen LogP contribution in [0.5, 0.6) is 0 Å². The fourth-order valence-corrected chi connectivity index (χ4v) is 2.59. The van der Waals surface area contributed by atoms with Crippen molar-refractivity contribution in [2.75, 3.05) is 18.8 Å². The minimum atomic E-state index is -0.487. The molecule has 2 unspecified atom stereocenters. The lowest BCUT2D eigenvalue weighted by Crippen LogP contribution is -2.47. The maximum absolute atomic E-state index is 12.3. The molecule has 5 nitrogen and oxygen atoms in total. The number of hydrogen-bond donors (Lipinski definition) is 2. The SMILES string of the molecule is CC(NC(=O)C(C)c1cccc(N)c1)C(=O)N1CCCC1. The van der Waals surface area contributed by atoms with Crippen molar-refractivity contribution in [2.45, 2.75) is 38.6 Å². The highest BCUT2D eigenvalue weighted by Gasteiger charge is 2.26. The zero-order valence-electron chi connectivity index (χ0n) is 12.6. The first-order valence-electron chi connectivity index (χ1n) is 7.43. The van der Waals surface area contributed by atoms with E-state index in [1.54, 1.807) is 19.1 Å². The standard InChI is InChI=1S/C16H23N3O2/c1-11(13-6-5-7-14(17)10-13)15(20)18-12(2)16(21)19-8-3-4-9-19/h5-7,10-12H,3-4,8-9,17H2,1-2H3,(H,18,20). The molecule has 1 fully saturated rings. The number of carbonyl (C=O) groups excluding carboxylic acids is 2. The molecule has 1 aliphatic heterocycles. The minimum absolute atomic E-state index is 0.000579. The van der Waals surface area contributed by atoms with Crippen molar-refractivity contribution < 1.29 is 9.59 Å². The van der Waals surface area contributed by atoms with Crippen molar-refractivity contribution in [3.05, 3.63) is 29.8 Å². The number of carbonyl (C=O) groups is 2. The number of rotatable bonds is 4. The highest BCUT2D eigenvalue weighted by molar-refractivity contribution is 5.90. The van der Waals surface area contributed by atoms with Gasteiger partial charge in [0, 0.05) is 18.8 Å². The van der Waals surface area contributed by atoms with E-state index in [0.717, 1.165) is 31.5 Å². The van der Waals surface area contributed by atoms with E-state index in [9.17, 15) is 9.59 Å². The molecule has 1 aromatic carbocycles. The Bertz CT molecular complexity index is 524. The van der Waals surface area contributed by atoms with Crippen LogP contribution in [0.1, 0.15) is 38.2 Å². The molecule has 0 spiro atoms. The van der Waals surface area contributed by atoms with E-state index >= 15 is 0 Å². The van der Waals surface area contributed by atoms with Gasteiger partial charge in [-0.1, -0.05) is 12.1 Å². The van der Waals surface area contributed by atoms with Gasteiger partial charge in [-0.2, -0.15) is 0 Å². The van der Waals surface area contributed by atoms with E-state index in [-0.39, 0.29) is 17.7 Å². The van der Waals surface area contributed by atoms with Crippen LogP contribution in [-0.4, -0.2) is 35.8 Å². The van der Waals surface area contributed by atoms with Gasteiger partial charge in [-0.05, 0) is 44.4 Å². The third kappa shape index (κ3) is 3.74. The number of benzene rings is 1. The summed E-state index contributed by atoms with van der Waals surface area (Å²) < 4.78 is 0. The van der Waals surface area contributed by atoms with Crippen molar-refractivity contribution >= 4 is 17.5 Å². The van der Waals surface area contributed by atoms with Gasteiger partial charge in [-0.25, -0.2) is 0 Å². The number of nitrogens with two attached hydrogens (primary N) is 1. The second kappa shape index (κ2) is 6.61. The van der Waals surface area contributed by atoms with Crippen LogP contribution in [0.15, 0.2) is 24.3 Å². The van der Waals surface area contributed by atoms with Gasteiger partial charge in [0.1, 0.15) is 6.04 Å². The topological polar surface area (TPSA) is 75.4 Å². The second-order valence-corrected chi connectivity index (χ2v) is 5.65. The fourth-order valence-electron chi connectivity index (χ4n) is 2.59. The van der Waals surface area contributed by atoms with Crippen LogP contribution in [0.4, 0.5) is 5.69 Å². The highest BCUT2D eigenvalue weighted by atomic mass is 16.2. The Balaban J connectivity index is 1.95. The van der Waals surface area contributed by atoms with Gasteiger partial charge in [0.25, 0.3) is 0 Å². The molecule has 1 aliphatic rings. The molecule has 0 aromatic heterocycles. The summed E-state index contributed by atoms with van der Waals surface area (Å²) in [5, 5.41) is 2.80. The van der Waals surface area contributed by atoms with Crippen LogP contribution in [-0.2, 0) is 9.59 Å². The first-order valence-corrected chi connectivity index (χ1v) is 7.43.